The van der Waals surface area contributed by atoms with Gasteiger partial charge in [-0.2, -0.15) is 0 Å². The van der Waals surface area contributed by atoms with E-state index in [2.05, 4.69) is 20.8 Å². The summed E-state index contributed by atoms with van der Waals surface area (Å²) in [5.41, 5.74) is 0. The van der Waals surface area contributed by atoms with E-state index in [1.807, 2.05) is 0 Å². The Hall–Kier alpha value is 0.289. The van der Waals surface area contributed by atoms with Crippen LogP contribution in [0.1, 0.15) is 59.3 Å². The number of thiophene rings is 1. The zero-order chi connectivity index (χ0) is 15.9. The fourth-order valence-corrected chi connectivity index (χ4v) is 22.9. The van der Waals surface area contributed by atoms with Gasteiger partial charge in [0.25, 0.3) is 0 Å². The molecule has 0 atom stereocenters. The molecule has 0 N–H and O–H groups in total. The summed E-state index contributed by atoms with van der Waals surface area (Å²) in [7, 11) is 0. The minimum atomic E-state index is -3.02. The molecule has 0 aromatic carbocycles. The zero-order valence-corrected chi connectivity index (χ0v) is 17.1. The SMILES string of the molecule is CCC[CH2][Sn]([CH2]CCC)([CH2]CCC)[c]1sc(F)c(F)c1F. The molecule has 5 heteroatoms. The summed E-state index contributed by atoms with van der Waals surface area (Å²) in [5, 5.41) is -0.951. The first-order valence-electron chi connectivity index (χ1n) is 8.16. The molecule has 1 rings (SSSR count). The van der Waals surface area contributed by atoms with Gasteiger partial charge in [0, 0.05) is 0 Å². The third kappa shape index (κ3) is 4.88. The molecule has 0 amide bonds. The van der Waals surface area contributed by atoms with Crippen LogP contribution in [0.4, 0.5) is 13.2 Å². The predicted molar refractivity (Wildman–Crippen MR) is 88.7 cm³/mol. The third-order valence-corrected chi connectivity index (χ3v) is 23.4. The number of hydrogen-bond acceptors (Lipinski definition) is 1. The molecular formula is C16H27F3SSn. The monoisotopic (exact) mass is 428 g/mol. The second-order valence-corrected chi connectivity index (χ2v) is 20.9. The van der Waals surface area contributed by atoms with Crippen molar-refractivity contribution < 1.29 is 13.2 Å². The molecule has 1 aromatic rings. The van der Waals surface area contributed by atoms with Crippen LogP contribution in [0.2, 0.25) is 13.3 Å². The molecule has 0 fully saturated rings. The Kier molecular flexibility index (Phi) is 8.69. The summed E-state index contributed by atoms with van der Waals surface area (Å²) >= 11 is -2.24. The van der Waals surface area contributed by atoms with Gasteiger partial charge < -0.3 is 0 Å². The molecule has 21 heavy (non-hydrogen) atoms. The van der Waals surface area contributed by atoms with E-state index in [0.29, 0.717) is 2.89 Å². The number of rotatable bonds is 10. The van der Waals surface area contributed by atoms with Gasteiger partial charge in [-0.1, -0.05) is 0 Å². The molecule has 0 unspecified atom stereocenters. The van der Waals surface area contributed by atoms with Crippen molar-refractivity contribution in [1.29, 1.82) is 0 Å². The molecule has 0 saturated carbocycles. The van der Waals surface area contributed by atoms with Crippen LogP contribution in [-0.2, 0) is 0 Å². The van der Waals surface area contributed by atoms with Gasteiger partial charge in [-0.05, 0) is 0 Å². The molecule has 0 nitrogen and oxygen atoms in total. The zero-order valence-electron chi connectivity index (χ0n) is 13.4. The Morgan fingerprint density at radius 1 is 0.762 bits per heavy atom. The molecule has 0 saturated heterocycles. The van der Waals surface area contributed by atoms with E-state index in [4.69, 9.17) is 0 Å². The number of hydrogen-bond donors (Lipinski definition) is 0. The number of halogens is 3. The van der Waals surface area contributed by atoms with Gasteiger partial charge in [0.1, 0.15) is 0 Å². The summed E-state index contributed by atoms with van der Waals surface area (Å²) in [4.78, 5) is 0. The van der Waals surface area contributed by atoms with Crippen molar-refractivity contribution in [3.05, 3.63) is 16.8 Å². The van der Waals surface area contributed by atoms with Crippen molar-refractivity contribution in [2.45, 2.75) is 72.6 Å². The van der Waals surface area contributed by atoms with Crippen LogP contribution in [0, 0.1) is 16.8 Å². The first kappa shape index (κ1) is 19.3. The normalized spacial score (nSPS) is 12.1. The maximum absolute atomic E-state index is 14.2. The van der Waals surface area contributed by atoms with Crippen molar-refractivity contribution in [2.24, 2.45) is 0 Å². The van der Waals surface area contributed by atoms with E-state index in [1.165, 1.54) is 0 Å². The van der Waals surface area contributed by atoms with Crippen LogP contribution in [0.15, 0.2) is 0 Å². The van der Waals surface area contributed by atoms with Crippen molar-refractivity contribution in [1.82, 2.24) is 0 Å². The van der Waals surface area contributed by atoms with Gasteiger partial charge in [0.2, 0.25) is 0 Å². The fraction of sp³-hybridized carbons (Fsp3) is 0.750. The summed E-state index contributed by atoms with van der Waals surface area (Å²) in [6.07, 6.45) is 6.37. The summed E-state index contributed by atoms with van der Waals surface area (Å²) in [6.45, 7) is 6.38. The Bertz CT molecular complexity index is 410. The van der Waals surface area contributed by atoms with E-state index < -0.39 is 35.1 Å². The van der Waals surface area contributed by atoms with Crippen molar-refractivity contribution in [2.75, 3.05) is 0 Å². The molecule has 0 spiro atoms. The molecule has 0 aliphatic carbocycles. The van der Waals surface area contributed by atoms with Crippen molar-refractivity contribution in [3.63, 3.8) is 0 Å². The Labute approximate surface area is 135 Å². The van der Waals surface area contributed by atoms with Crippen molar-refractivity contribution >= 4 is 32.6 Å². The Morgan fingerprint density at radius 2 is 1.19 bits per heavy atom. The van der Waals surface area contributed by atoms with Gasteiger partial charge >= 0.3 is 135 Å². The fourth-order valence-electron chi connectivity index (χ4n) is 2.97. The predicted octanol–water partition coefficient (Wildman–Crippen LogP) is 6.22. The van der Waals surface area contributed by atoms with E-state index in [1.54, 1.807) is 0 Å². The first-order chi connectivity index (χ1) is 10.0. The van der Waals surface area contributed by atoms with Gasteiger partial charge in [0.15, 0.2) is 0 Å². The first-order valence-corrected chi connectivity index (χ1v) is 16.5. The Morgan fingerprint density at radius 3 is 1.48 bits per heavy atom. The second-order valence-electron chi connectivity index (χ2n) is 5.92. The average Bonchev–Trinajstić information content (AvgIpc) is 2.75. The van der Waals surface area contributed by atoms with Crippen LogP contribution in [0.25, 0.3) is 0 Å². The molecule has 0 radical (unpaired) electrons. The summed E-state index contributed by atoms with van der Waals surface area (Å²) in [6, 6.07) is 0. The van der Waals surface area contributed by atoms with E-state index in [-0.39, 0.29) is 0 Å². The van der Waals surface area contributed by atoms with E-state index in [9.17, 15) is 13.2 Å². The molecule has 122 valence electrons. The summed E-state index contributed by atoms with van der Waals surface area (Å²) in [5.74, 6) is -2.09. The van der Waals surface area contributed by atoms with Gasteiger partial charge in [-0.25, -0.2) is 0 Å². The molecule has 0 bridgehead atoms. The topological polar surface area (TPSA) is 0 Å². The van der Waals surface area contributed by atoms with Crippen LogP contribution in [-0.4, -0.2) is 18.4 Å². The minimum absolute atomic E-state index is 0.523. The molecular weight excluding hydrogens is 400 g/mol. The van der Waals surface area contributed by atoms with Gasteiger partial charge in [-0.3, -0.25) is 0 Å². The maximum atomic E-state index is 14.2. The summed E-state index contributed by atoms with van der Waals surface area (Å²) < 4.78 is 44.9. The molecule has 1 aromatic heterocycles. The van der Waals surface area contributed by atoms with E-state index >= 15 is 0 Å². The van der Waals surface area contributed by atoms with Gasteiger partial charge in [-0.15, -0.1) is 0 Å². The van der Waals surface area contributed by atoms with E-state index in [0.717, 1.165) is 63.2 Å². The van der Waals surface area contributed by atoms with Crippen LogP contribution in [0.5, 0.6) is 0 Å². The Balaban J connectivity index is 3.19. The van der Waals surface area contributed by atoms with Crippen LogP contribution in [0.3, 0.4) is 0 Å². The molecule has 1 heterocycles. The second kappa shape index (κ2) is 9.43. The van der Waals surface area contributed by atoms with Crippen LogP contribution < -0.4 is 2.89 Å². The standard InChI is InChI=1S/C4F3S.3C4H9.Sn/c5-2-1-8-4(7)3(2)6;3*1-3-4-2;/h;3*1,3-4H2,2H3;. The molecule has 0 aliphatic rings. The van der Waals surface area contributed by atoms with Crippen LogP contribution >= 0.6 is 11.3 Å². The molecule has 0 aliphatic heterocycles. The average molecular weight is 427 g/mol. The number of unbranched alkanes of at least 4 members (excludes halogenated alkanes) is 3. The quantitative estimate of drug-likeness (QED) is 0.389. The van der Waals surface area contributed by atoms with Gasteiger partial charge in [0.05, 0.1) is 0 Å². The van der Waals surface area contributed by atoms with Crippen molar-refractivity contribution in [3.8, 4) is 0 Å². The third-order valence-electron chi connectivity index (χ3n) is 4.26.